The van der Waals surface area contributed by atoms with Gasteiger partial charge in [0, 0.05) is 41.9 Å². The molecule has 1 atom stereocenters. The van der Waals surface area contributed by atoms with Crippen molar-refractivity contribution in [1.82, 2.24) is 14.8 Å². The quantitative estimate of drug-likeness (QED) is 0.783. The maximum atomic E-state index is 12.1. The Labute approximate surface area is 131 Å². The first-order valence-electron chi connectivity index (χ1n) is 6.54. The van der Waals surface area contributed by atoms with Crippen molar-refractivity contribution in [2.24, 2.45) is 7.05 Å². The molecule has 2 aromatic rings. The number of aromatic nitrogens is 3. The van der Waals surface area contributed by atoms with Crippen LogP contribution >= 0.6 is 10.7 Å². The van der Waals surface area contributed by atoms with Gasteiger partial charge in [-0.2, -0.15) is 0 Å². The minimum Gasteiger partial charge on any atom is -0.317 e. The Balaban J connectivity index is 1.94. The van der Waals surface area contributed by atoms with Crippen LogP contribution < -0.4 is 4.90 Å². The maximum Gasteiger partial charge on any atom is 0.237 e. The number of amides is 1. The van der Waals surface area contributed by atoms with E-state index in [4.69, 9.17) is 10.7 Å². The fraction of sp³-hybridized carbons (Fsp3) is 0.308. The first-order valence-corrected chi connectivity index (χ1v) is 8.92. The summed E-state index contributed by atoms with van der Waals surface area (Å²) < 4.78 is 24.6. The van der Waals surface area contributed by atoms with Gasteiger partial charge in [-0.3, -0.25) is 4.79 Å². The van der Waals surface area contributed by atoms with Gasteiger partial charge in [0.05, 0.1) is 0 Å². The molecule has 22 heavy (non-hydrogen) atoms. The SMILES string of the molecule is Cn1cnnc1-c1cccc(N2CC(S(=O)(=O)Cl)CC2=O)c1. The van der Waals surface area contributed by atoms with E-state index < -0.39 is 14.3 Å². The summed E-state index contributed by atoms with van der Waals surface area (Å²) in [5.74, 6) is 0.402. The Morgan fingerprint density at radius 3 is 2.73 bits per heavy atom. The molecule has 0 spiro atoms. The summed E-state index contributed by atoms with van der Waals surface area (Å²) in [6.45, 7) is 0.0624. The van der Waals surface area contributed by atoms with Crippen LogP contribution in [0.4, 0.5) is 5.69 Å². The van der Waals surface area contributed by atoms with Crippen LogP contribution in [0.15, 0.2) is 30.6 Å². The monoisotopic (exact) mass is 340 g/mol. The Kier molecular flexibility index (Phi) is 3.65. The van der Waals surface area contributed by atoms with Crippen LogP contribution in [-0.4, -0.2) is 40.9 Å². The van der Waals surface area contributed by atoms with E-state index in [1.165, 1.54) is 4.90 Å². The molecule has 1 saturated heterocycles. The molecular formula is C13H13ClN4O3S. The molecule has 1 aromatic carbocycles. The largest absolute Gasteiger partial charge is 0.317 e. The average molecular weight is 341 g/mol. The number of hydrogen-bond acceptors (Lipinski definition) is 5. The molecule has 1 aromatic heterocycles. The highest BCUT2D eigenvalue weighted by molar-refractivity contribution is 8.14. The van der Waals surface area contributed by atoms with E-state index in [0.717, 1.165) is 5.56 Å². The Morgan fingerprint density at radius 1 is 1.36 bits per heavy atom. The van der Waals surface area contributed by atoms with E-state index in [1.807, 2.05) is 13.1 Å². The standard InChI is InChI=1S/C13H13ClN4O3S/c1-17-8-15-16-13(17)9-3-2-4-10(5-9)18-7-11(6-12(18)19)22(14,20)21/h2-5,8,11H,6-7H2,1H3. The predicted octanol–water partition coefficient (Wildman–Crippen LogP) is 1.16. The van der Waals surface area contributed by atoms with Crippen molar-refractivity contribution in [3.63, 3.8) is 0 Å². The van der Waals surface area contributed by atoms with Crippen molar-refractivity contribution in [2.45, 2.75) is 11.7 Å². The van der Waals surface area contributed by atoms with Crippen LogP contribution in [0.2, 0.25) is 0 Å². The number of hydrogen-bond donors (Lipinski definition) is 0. The highest BCUT2D eigenvalue weighted by atomic mass is 35.7. The number of carbonyl (C=O) groups excluding carboxylic acids is 1. The van der Waals surface area contributed by atoms with Crippen LogP contribution in [0.25, 0.3) is 11.4 Å². The van der Waals surface area contributed by atoms with Gasteiger partial charge >= 0.3 is 0 Å². The van der Waals surface area contributed by atoms with Gasteiger partial charge in [0.1, 0.15) is 11.6 Å². The zero-order valence-corrected chi connectivity index (χ0v) is 13.3. The molecule has 2 heterocycles. The van der Waals surface area contributed by atoms with Crippen molar-refractivity contribution in [3.8, 4) is 11.4 Å². The number of anilines is 1. The van der Waals surface area contributed by atoms with Gasteiger partial charge in [-0.05, 0) is 12.1 Å². The molecule has 1 aliphatic heterocycles. The second-order valence-corrected chi connectivity index (χ2v) is 8.03. The zero-order valence-electron chi connectivity index (χ0n) is 11.7. The molecule has 0 saturated carbocycles. The van der Waals surface area contributed by atoms with E-state index in [0.29, 0.717) is 11.5 Å². The number of benzene rings is 1. The van der Waals surface area contributed by atoms with E-state index in [9.17, 15) is 13.2 Å². The van der Waals surface area contributed by atoms with E-state index in [2.05, 4.69) is 10.2 Å². The van der Waals surface area contributed by atoms with Gasteiger partial charge < -0.3 is 9.47 Å². The van der Waals surface area contributed by atoms with Gasteiger partial charge in [0.15, 0.2) is 5.82 Å². The fourth-order valence-corrected chi connectivity index (χ4v) is 3.50. The Hall–Kier alpha value is -1.93. The van der Waals surface area contributed by atoms with Gasteiger partial charge in [-0.15, -0.1) is 10.2 Å². The maximum absolute atomic E-state index is 12.1. The smallest absolute Gasteiger partial charge is 0.237 e. The minimum absolute atomic E-state index is 0.0624. The highest BCUT2D eigenvalue weighted by Crippen LogP contribution is 2.29. The molecule has 1 aliphatic rings. The third-order valence-corrected chi connectivity index (χ3v) is 5.48. The summed E-state index contributed by atoms with van der Waals surface area (Å²) >= 11 is 0. The lowest BCUT2D eigenvalue weighted by molar-refractivity contribution is -0.117. The molecule has 7 nitrogen and oxygen atoms in total. The lowest BCUT2D eigenvalue weighted by Crippen LogP contribution is -2.26. The summed E-state index contributed by atoms with van der Waals surface area (Å²) in [7, 11) is 3.43. The van der Waals surface area contributed by atoms with Gasteiger partial charge in [-0.25, -0.2) is 8.42 Å². The molecule has 9 heteroatoms. The summed E-state index contributed by atoms with van der Waals surface area (Å²) in [4.78, 5) is 13.5. The molecule has 1 fully saturated rings. The highest BCUT2D eigenvalue weighted by Gasteiger charge is 2.38. The predicted molar refractivity (Wildman–Crippen MR) is 82.0 cm³/mol. The molecule has 116 valence electrons. The molecule has 3 rings (SSSR count). The van der Waals surface area contributed by atoms with Crippen LogP contribution in [0.5, 0.6) is 0 Å². The summed E-state index contributed by atoms with van der Waals surface area (Å²) in [5.41, 5.74) is 1.41. The van der Waals surface area contributed by atoms with E-state index in [-0.39, 0.29) is 18.9 Å². The lowest BCUT2D eigenvalue weighted by atomic mass is 10.2. The molecular weight excluding hydrogens is 328 g/mol. The Bertz CT molecular complexity index is 833. The number of aryl methyl sites for hydroxylation is 1. The third-order valence-electron chi connectivity index (χ3n) is 3.62. The normalized spacial score (nSPS) is 18.9. The second kappa shape index (κ2) is 5.36. The van der Waals surface area contributed by atoms with Gasteiger partial charge in [0.25, 0.3) is 0 Å². The topological polar surface area (TPSA) is 85.2 Å². The van der Waals surface area contributed by atoms with Gasteiger partial charge in [0.2, 0.25) is 15.0 Å². The Morgan fingerprint density at radius 2 is 2.14 bits per heavy atom. The molecule has 0 radical (unpaired) electrons. The van der Waals surface area contributed by atoms with Crippen molar-refractivity contribution >= 4 is 31.3 Å². The van der Waals surface area contributed by atoms with E-state index >= 15 is 0 Å². The van der Waals surface area contributed by atoms with Crippen LogP contribution in [0, 0.1) is 0 Å². The van der Waals surface area contributed by atoms with Crippen LogP contribution in [0.1, 0.15) is 6.42 Å². The lowest BCUT2D eigenvalue weighted by Gasteiger charge is -2.17. The van der Waals surface area contributed by atoms with Crippen molar-refractivity contribution in [3.05, 3.63) is 30.6 Å². The number of nitrogens with zero attached hydrogens (tertiary/aromatic N) is 4. The third kappa shape index (κ3) is 2.71. The minimum atomic E-state index is -3.75. The summed E-state index contributed by atoms with van der Waals surface area (Å²) in [5, 5.41) is 6.96. The second-order valence-electron chi connectivity index (χ2n) is 5.12. The molecule has 0 N–H and O–H groups in total. The van der Waals surface area contributed by atoms with Gasteiger partial charge in [-0.1, -0.05) is 12.1 Å². The van der Waals surface area contributed by atoms with Crippen LogP contribution in [-0.2, 0) is 20.9 Å². The van der Waals surface area contributed by atoms with Crippen LogP contribution in [0.3, 0.4) is 0 Å². The number of carbonyl (C=O) groups is 1. The van der Waals surface area contributed by atoms with E-state index in [1.54, 1.807) is 29.1 Å². The zero-order chi connectivity index (χ0) is 15.9. The fourth-order valence-electron chi connectivity index (χ4n) is 2.47. The molecule has 0 aliphatic carbocycles. The van der Waals surface area contributed by atoms with Crippen molar-refractivity contribution < 1.29 is 13.2 Å². The van der Waals surface area contributed by atoms with Crippen molar-refractivity contribution in [2.75, 3.05) is 11.4 Å². The first-order chi connectivity index (χ1) is 10.4. The van der Waals surface area contributed by atoms with Crippen molar-refractivity contribution in [1.29, 1.82) is 0 Å². The number of halogens is 1. The average Bonchev–Trinajstić information content (AvgIpc) is 3.04. The molecule has 1 unspecified atom stereocenters. The summed E-state index contributed by atoms with van der Waals surface area (Å²) in [6.07, 6.45) is 1.49. The molecule has 1 amide bonds. The molecule has 0 bridgehead atoms. The number of rotatable bonds is 3. The summed E-state index contributed by atoms with van der Waals surface area (Å²) in [6, 6.07) is 7.17. The first kappa shape index (κ1) is 15.0.